The lowest BCUT2D eigenvalue weighted by Gasteiger charge is -2.44. The number of rotatable bonds is 3. The van der Waals surface area contributed by atoms with Crippen LogP contribution in [-0.4, -0.2) is 54.7 Å². The van der Waals surface area contributed by atoms with Gasteiger partial charge in [0.05, 0.1) is 20.0 Å². The molecule has 1 aliphatic carbocycles. The SMILES string of the molecule is COC(=O)C12CC(=CO)C(=O)C=C1CCN(C(=O)OCC(C)C)C2. The number of carbonyl (C=O) groups is 3. The number of nitrogens with zero attached hydrogens (tertiary/aromatic N) is 1. The fraction of sp³-hybridized carbons (Fsp3) is 0.588. The van der Waals surface area contributed by atoms with E-state index in [4.69, 9.17) is 9.47 Å². The minimum Gasteiger partial charge on any atom is -0.515 e. The number of fused-ring (bicyclic) bond motifs is 1. The van der Waals surface area contributed by atoms with Crippen molar-refractivity contribution in [2.24, 2.45) is 11.3 Å². The number of carbonyl (C=O) groups excluding carboxylic acids is 3. The molecule has 1 saturated heterocycles. The molecule has 132 valence electrons. The van der Waals surface area contributed by atoms with Gasteiger partial charge >= 0.3 is 12.1 Å². The van der Waals surface area contributed by atoms with E-state index in [2.05, 4.69) is 0 Å². The number of methoxy groups -OCH3 is 1. The summed E-state index contributed by atoms with van der Waals surface area (Å²) < 4.78 is 10.2. The van der Waals surface area contributed by atoms with Crippen LogP contribution in [0, 0.1) is 11.3 Å². The Bertz CT molecular complexity index is 606. The summed E-state index contributed by atoms with van der Waals surface area (Å²) in [7, 11) is 1.27. The van der Waals surface area contributed by atoms with E-state index < -0.39 is 17.5 Å². The number of allylic oxidation sites excluding steroid dienone is 2. The first kappa shape index (κ1) is 18.0. The molecule has 0 aromatic carbocycles. The van der Waals surface area contributed by atoms with E-state index >= 15 is 0 Å². The average Bonchev–Trinajstić information content (AvgIpc) is 2.57. The normalized spacial score (nSPS) is 25.3. The number of aliphatic hydroxyl groups is 1. The zero-order valence-corrected chi connectivity index (χ0v) is 14.2. The Morgan fingerprint density at radius 1 is 1.46 bits per heavy atom. The topological polar surface area (TPSA) is 93.1 Å². The maximum Gasteiger partial charge on any atom is 0.409 e. The van der Waals surface area contributed by atoms with Crippen LogP contribution < -0.4 is 0 Å². The van der Waals surface area contributed by atoms with Crippen LogP contribution in [0.5, 0.6) is 0 Å². The van der Waals surface area contributed by atoms with Crippen molar-refractivity contribution in [1.29, 1.82) is 0 Å². The van der Waals surface area contributed by atoms with Gasteiger partial charge in [-0.2, -0.15) is 0 Å². The maximum atomic E-state index is 12.5. The van der Waals surface area contributed by atoms with Crippen molar-refractivity contribution < 1.29 is 29.0 Å². The number of hydrogen-bond acceptors (Lipinski definition) is 6. The van der Waals surface area contributed by atoms with Crippen LogP contribution in [0.15, 0.2) is 23.5 Å². The Hall–Kier alpha value is -2.31. The highest BCUT2D eigenvalue weighted by Gasteiger charge is 2.51. The van der Waals surface area contributed by atoms with Crippen LogP contribution in [0.25, 0.3) is 0 Å². The van der Waals surface area contributed by atoms with Gasteiger partial charge in [-0.05, 0) is 24.0 Å². The Morgan fingerprint density at radius 2 is 2.17 bits per heavy atom. The molecule has 2 rings (SSSR count). The van der Waals surface area contributed by atoms with Crippen LogP contribution in [-0.2, 0) is 19.1 Å². The molecule has 1 atom stereocenters. The fourth-order valence-corrected chi connectivity index (χ4v) is 3.10. The number of aliphatic hydroxyl groups excluding tert-OH is 1. The predicted molar refractivity (Wildman–Crippen MR) is 85.2 cm³/mol. The van der Waals surface area contributed by atoms with Gasteiger partial charge in [-0.15, -0.1) is 0 Å². The van der Waals surface area contributed by atoms with Gasteiger partial charge in [-0.3, -0.25) is 9.59 Å². The van der Waals surface area contributed by atoms with Crippen LogP contribution in [0.4, 0.5) is 4.79 Å². The van der Waals surface area contributed by atoms with Crippen molar-refractivity contribution in [3.8, 4) is 0 Å². The molecule has 1 N–H and O–H groups in total. The molecular weight excluding hydrogens is 314 g/mol. The molecule has 2 aliphatic rings. The van der Waals surface area contributed by atoms with Gasteiger partial charge in [0.25, 0.3) is 0 Å². The summed E-state index contributed by atoms with van der Waals surface area (Å²) in [5.74, 6) is -0.634. The molecule has 7 heteroatoms. The average molecular weight is 337 g/mol. The number of hydrogen-bond donors (Lipinski definition) is 1. The molecule has 0 aromatic heterocycles. The minimum absolute atomic E-state index is 0.00873. The lowest BCUT2D eigenvalue weighted by Crippen LogP contribution is -2.53. The van der Waals surface area contributed by atoms with Crippen LogP contribution in [0.1, 0.15) is 26.7 Å². The Kier molecular flexibility index (Phi) is 5.31. The Morgan fingerprint density at radius 3 is 2.75 bits per heavy atom. The van der Waals surface area contributed by atoms with E-state index in [1.54, 1.807) is 0 Å². The molecule has 1 fully saturated rings. The van der Waals surface area contributed by atoms with Crippen molar-refractivity contribution >= 4 is 17.8 Å². The molecule has 0 spiro atoms. The number of piperidine rings is 1. The zero-order chi connectivity index (χ0) is 17.9. The molecular formula is C17H23NO6. The second-order valence-electron chi connectivity index (χ2n) is 6.58. The second kappa shape index (κ2) is 7.07. The first-order valence-electron chi connectivity index (χ1n) is 7.92. The molecule has 24 heavy (non-hydrogen) atoms. The number of likely N-dealkylation sites (tertiary alicyclic amines) is 1. The van der Waals surface area contributed by atoms with Gasteiger partial charge in [0.1, 0.15) is 5.41 Å². The van der Waals surface area contributed by atoms with E-state index in [-0.39, 0.29) is 30.2 Å². The van der Waals surface area contributed by atoms with Gasteiger partial charge in [0.2, 0.25) is 0 Å². The molecule has 1 unspecified atom stereocenters. The first-order chi connectivity index (χ1) is 11.3. The van der Waals surface area contributed by atoms with E-state index in [1.165, 1.54) is 18.1 Å². The van der Waals surface area contributed by atoms with Crippen LogP contribution >= 0.6 is 0 Å². The smallest absolute Gasteiger partial charge is 0.409 e. The number of ether oxygens (including phenoxy) is 2. The molecule has 0 saturated carbocycles. The quantitative estimate of drug-likeness (QED) is 0.481. The monoisotopic (exact) mass is 337 g/mol. The van der Waals surface area contributed by atoms with Crippen molar-refractivity contribution in [3.05, 3.63) is 23.5 Å². The summed E-state index contributed by atoms with van der Waals surface area (Å²) in [5.41, 5.74) is -0.383. The fourth-order valence-electron chi connectivity index (χ4n) is 3.10. The Labute approximate surface area is 140 Å². The third kappa shape index (κ3) is 3.29. The molecule has 7 nitrogen and oxygen atoms in total. The van der Waals surface area contributed by atoms with Gasteiger partial charge in [-0.25, -0.2) is 4.79 Å². The molecule has 0 radical (unpaired) electrons. The van der Waals surface area contributed by atoms with Gasteiger partial charge < -0.3 is 19.5 Å². The van der Waals surface area contributed by atoms with Gasteiger partial charge in [0.15, 0.2) is 5.78 Å². The van der Waals surface area contributed by atoms with Crippen molar-refractivity contribution in [1.82, 2.24) is 4.90 Å². The highest BCUT2D eigenvalue weighted by molar-refractivity contribution is 6.07. The highest BCUT2D eigenvalue weighted by Crippen LogP contribution is 2.45. The zero-order valence-electron chi connectivity index (χ0n) is 14.2. The molecule has 1 heterocycles. The van der Waals surface area contributed by atoms with Crippen LogP contribution in [0.3, 0.4) is 0 Å². The third-order valence-electron chi connectivity index (χ3n) is 4.37. The molecule has 1 aliphatic heterocycles. The van der Waals surface area contributed by atoms with E-state index in [0.29, 0.717) is 25.1 Å². The van der Waals surface area contributed by atoms with Crippen molar-refractivity contribution in [2.75, 3.05) is 26.8 Å². The molecule has 0 aromatic rings. The maximum absolute atomic E-state index is 12.5. The number of ketones is 1. The lowest BCUT2D eigenvalue weighted by atomic mass is 9.67. The van der Waals surface area contributed by atoms with Gasteiger partial charge in [0, 0.05) is 25.1 Å². The minimum atomic E-state index is -1.15. The predicted octanol–water partition coefficient (Wildman–Crippen LogP) is 1.99. The second-order valence-corrected chi connectivity index (χ2v) is 6.58. The summed E-state index contributed by atoms with van der Waals surface area (Å²) >= 11 is 0. The van der Waals surface area contributed by atoms with E-state index in [0.717, 1.165) is 6.26 Å². The van der Waals surface area contributed by atoms with Crippen molar-refractivity contribution in [2.45, 2.75) is 26.7 Å². The summed E-state index contributed by atoms with van der Waals surface area (Å²) in [4.78, 5) is 38.1. The van der Waals surface area contributed by atoms with Crippen LogP contribution in [0.2, 0.25) is 0 Å². The standard InChI is InChI=1S/C17H23NO6/c1-11(2)9-24-16(22)18-5-4-13-6-14(20)12(8-19)7-17(13,10-18)15(21)23-3/h6,8,11,19H,4-5,7,9-10H2,1-3H3. The summed E-state index contributed by atoms with van der Waals surface area (Å²) in [6.45, 7) is 4.60. The van der Waals surface area contributed by atoms with E-state index in [9.17, 15) is 19.5 Å². The van der Waals surface area contributed by atoms with E-state index in [1.807, 2.05) is 13.8 Å². The largest absolute Gasteiger partial charge is 0.515 e. The summed E-state index contributed by atoms with van der Waals surface area (Å²) in [6.07, 6.45) is 2.00. The summed E-state index contributed by atoms with van der Waals surface area (Å²) in [5, 5.41) is 9.27. The number of esters is 1. The highest BCUT2D eigenvalue weighted by atomic mass is 16.6. The Balaban J connectivity index is 2.29. The molecule has 0 bridgehead atoms. The third-order valence-corrected chi connectivity index (χ3v) is 4.37. The summed E-state index contributed by atoms with van der Waals surface area (Å²) in [6, 6.07) is 0. The van der Waals surface area contributed by atoms with Gasteiger partial charge in [-0.1, -0.05) is 13.8 Å². The number of amides is 1. The molecule has 1 amide bonds. The first-order valence-corrected chi connectivity index (χ1v) is 7.92. The van der Waals surface area contributed by atoms with Crippen molar-refractivity contribution in [3.63, 3.8) is 0 Å². The lowest BCUT2D eigenvalue weighted by molar-refractivity contribution is -0.152.